The molecular weight excluding hydrogens is 597 g/mol. The Balaban J connectivity index is 1.67. The van der Waals surface area contributed by atoms with Crippen molar-refractivity contribution in [3.63, 3.8) is 0 Å². The van der Waals surface area contributed by atoms with Gasteiger partial charge in [0.1, 0.15) is 12.4 Å². The predicted octanol–water partition coefficient (Wildman–Crippen LogP) is 1.25. The van der Waals surface area contributed by atoms with Crippen LogP contribution in [0.3, 0.4) is 0 Å². The molecular formula is C29H28FN5O6S2. The molecule has 0 aliphatic carbocycles. The lowest BCUT2D eigenvalue weighted by atomic mass is 10.2. The maximum Gasteiger partial charge on any atom is 0.333 e. The Morgan fingerprint density at radius 3 is 2.60 bits per heavy atom. The van der Waals surface area contributed by atoms with Crippen LogP contribution in [0.1, 0.15) is 10.4 Å². The second kappa shape index (κ2) is 12.1. The maximum atomic E-state index is 15.2. The summed E-state index contributed by atoms with van der Waals surface area (Å²) in [6.07, 6.45) is 1.23. The van der Waals surface area contributed by atoms with E-state index in [0.717, 1.165) is 10.6 Å². The molecule has 0 atom stereocenters. The number of nitrogens with zero attached hydrogens (tertiary/aromatic N) is 4. The molecule has 224 valence electrons. The van der Waals surface area contributed by atoms with Crippen molar-refractivity contribution in [2.75, 3.05) is 33.4 Å². The topological polar surface area (TPSA) is 142 Å². The first-order valence-electron chi connectivity index (χ1n) is 13.0. The van der Waals surface area contributed by atoms with Crippen molar-refractivity contribution in [3.05, 3.63) is 89.7 Å². The fourth-order valence-corrected chi connectivity index (χ4v) is 7.60. The Bertz CT molecular complexity index is 2130. The van der Waals surface area contributed by atoms with E-state index in [2.05, 4.69) is 6.58 Å². The summed E-state index contributed by atoms with van der Waals surface area (Å²) in [5.41, 5.74) is 5.37. The van der Waals surface area contributed by atoms with Crippen LogP contribution in [-0.2, 0) is 28.4 Å². The number of hydrogen-bond acceptors (Lipinski definition) is 9. The van der Waals surface area contributed by atoms with Gasteiger partial charge in [0.15, 0.2) is 11.5 Å². The SMILES string of the molecule is C=c1cc(OC)c(OCc2sccc2S(=O)(=O)N2CCOCC2)c/c1=c1/c(=C\N)n(C)c(=O)n1-c1ccc(C#N)cc1F. The molecule has 1 aliphatic rings. The van der Waals surface area contributed by atoms with Gasteiger partial charge in [0.2, 0.25) is 10.0 Å². The zero-order valence-electron chi connectivity index (χ0n) is 23.4. The minimum Gasteiger partial charge on any atom is -0.493 e. The Hall–Kier alpha value is -4.42. The summed E-state index contributed by atoms with van der Waals surface area (Å²) < 4.78 is 62.6. The summed E-state index contributed by atoms with van der Waals surface area (Å²) in [5, 5.41) is 12.2. The summed E-state index contributed by atoms with van der Waals surface area (Å²) in [6, 6.07) is 10.4. The van der Waals surface area contributed by atoms with Crippen molar-refractivity contribution in [1.29, 1.82) is 5.26 Å². The van der Waals surface area contributed by atoms with Crippen LogP contribution < -0.4 is 31.5 Å². The maximum absolute atomic E-state index is 15.2. The Morgan fingerprint density at radius 2 is 1.95 bits per heavy atom. The van der Waals surface area contributed by atoms with Crippen LogP contribution in [0.15, 0.2) is 51.5 Å². The molecule has 1 aliphatic heterocycles. The quantitative estimate of drug-likeness (QED) is 0.324. The molecule has 1 fully saturated rings. The first-order valence-corrected chi connectivity index (χ1v) is 15.3. The third-order valence-corrected chi connectivity index (χ3v) is 10.1. The molecule has 43 heavy (non-hydrogen) atoms. The van der Waals surface area contributed by atoms with Crippen LogP contribution in [0.5, 0.6) is 11.5 Å². The van der Waals surface area contributed by atoms with E-state index >= 15 is 4.39 Å². The van der Waals surface area contributed by atoms with Gasteiger partial charge in [-0.25, -0.2) is 17.6 Å². The van der Waals surface area contributed by atoms with Crippen LogP contribution >= 0.6 is 11.3 Å². The molecule has 5 rings (SSSR count). The Labute approximate surface area is 250 Å². The average molecular weight is 626 g/mol. The number of methoxy groups -OCH3 is 1. The normalized spacial score (nSPS) is 15.3. The molecule has 1 saturated heterocycles. The van der Waals surface area contributed by atoms with Gasteiger partial charge in [0.25, 0.3) is 0 Å². The minimum atomic E-state index is -3.76. The number of rotatable bonds is 7. The summed E-state index contributed by atoms with van der Waals surface area (Å²) in [7, 11) is -0.807. The van der Waals surface area contributed by atoms with Gasteiger partial charge in [0, 0.05) is 31.6 Å². The monoisotopic (exact) mass is 625 g/mol. The molecule has 3 heterocycles. The van der Waals surface area contributed by atoms with E-state index in [-0.39, 0.29) is 52.3 Å². The van der Waals surface area contributed by atoms with Crippen LogP contribution in [0.25, 0.3) is 18.5 Å². The number of aromatic nitrogens is 2. The summed E-state index contributed by atoms with van der Waals surface area (Å²) in [5.74, 6) is -0.228. The van der Waals surface area contributed by atoms with Crippen LogP contribution in [0.2, 0.25) is 0 Å². The third-order valence-electron chi connectivity index (χ3n) is 7.08. The molecule has 0 radical (unpaired) electrons. The van der Waals surface area contributed by atoms with E-state index < -0.39 is 21.5 Å². The lowest BCUT2D eigenvalue weighted by Gasteiger charge is -2.26. The summed E-state index contributed by atoms with van der Waals surface area (Å²) >= 11 is 1.24. The Kier molecular flexibility index (Phi) is 8.43. The summed E-state index contributed by atoms with van der Waals surface area (Å²) in [6.45, 7) is 5.19. The molecule has 0 saturated carbocycles. The highest BCUT2D eigenvalue weighted by Gasteiger charge is 2.29. The fraction of sp³-hybridized carbons (Fsp3) is 0.241. The van der Waals surface area contributed by atoms with E-state index in [1.807, 2.05) is 6.07 Å². The zero-order chi connectivity index (χ0) is 30.9. The molecule has 0 bridgehead atoms. The number of ether oxygens (including phenoxy) is 3. The molecule has 14 heteroatoms. The van der Waals surface area contributed by atoms with Crippen molar-refractivity contribution < 1.29 is 27.0 Å². The number of nitriles is 1. The van der Waals surface area contributed by atoms with E-state index in [1.165, 1.54) is 52.7 Å². The van der Waals surface area contributed by atoms with Crippen LogP contribution in [0.4, 0.5) is 4.39 Å². The van der Waals surface area contributed by atoms with E-state index in [0.29, 0.717) is 34.3 Å². The third kappa shape index (κ3) is 5.43. The highest BCUT2D eigenvalue weighted by Crippen LogP contribution is 2.30. The number of morpholine rings is 1. The highest BCUT2D eigenvalue weighted by molar-refractivity contribution is 7.89. The second-order valence-corrected chi connectivity index (χ2v) is 12.4. The number of sulfonamides is 1. The molecule has 2 aromatic carbocycles. The van der Waals surface area contributed by atoms with Crippen molar-refractivity contribution in [1.82, 2.24) is 13.4 Å². The van der Waals surface area contributed by atoms with Crippen molar-refractivity contribution in [2.24, 2.45) is 12.8 Å². The Morgan fingerprint density at radius 1 is 1.21 bits per heavy atom. The van der Waals surface area contributed by atoms with E-state index in [1.54, 1.807) is 23.6 Å². The van der Waals surface area contributed by atoms with Crippen LogP contribution in [-0.4, -0.2) is 55.3 Å². The molecule has 2 aromatic heterocycles. The van der Waals surface area contributed by atoms with Gasteiger partial charge in [-0.3, -0.25) is 9.13 Å². The fourth-order valence-electron chi connectivity index (χ4n) is 4.88. The van der Waals surface area contributed by atoms with Gasteiger partial charge in [-0.2, -0.15) is 9.57 Å². The molecule has 2 N–H and O–H groups in total. The zero-order valence-corrected chi connectivity index (χ0v) is 25.0. The van der Waals surface area contributed by atoms with Gasteiger partial charge >= 0.3 is 5.69 Å². The van der Waals surface area contributed by atoms with Gasteiger partial charge in [-0.1, -0.05) is 6.58 Å². The average Bonchev–Trinajstić information content (AvgIpc) is 3.59. The lowest BCUT2D eigenvalue weighted by Crippen LogP contribution is -2.40. The summed E-state index contributed by atoms with van der Waals surface area (Å²) in [4.78, 5) is 14.0. The number of halogens is 1. The van der Waals surface area contributed by atoms with Crippen LogP contribution in [0, 0.1) is 27.7 Å². The minimum absolute atomic E-state index is 0.0862. The van der Waals surface area contributed by atoms with Crippen molar-refractivity contribution in [3.8, 4) is 23.3 Å². The number of imidazole rings is 1. The smallest absolute Gasteiger partial charge is 0.333 e. The van der Waals surface area contributed by atoms with E-state index in [9.17, 15) is 18.5 Å². The number of nitrogens with two attached hydrogens (primary N) is 1. The first kappa shape index (κ1) is 30.1. The number of benzene rings is 2. The highest BCUT2D eigenvalue weighted by atomic mass is 32.2. The molecule has 0 unspecified atom stereocenters. The van der Waals surface area contributed by atoms with Gasteiger partial charge in [-0.05, 0) is 47.0 Å². The molecule has 0 amide bonds. The first-order chi connectivity index (χ1) is 20.6. The van der Waals surface area contributed by atoms with Crippen molar-refractivity contribution >= 4 is 34.1 Å². The lowest BCUT2D eigenvalue weighted by molar-refractivity contribution is 0.0730. The molecule has 11 nitrogen and oxygen atoms in total. The van der Waals surface area contributed by atoms with Crippen molar-refractivity contribution in [2.45, 2.75) is 11.5 Å². The second-order valence-electron chi connectivity index (χ2n) is 9.53. The predicted molar refractivity (Wildman–Crippen MR) is 158 cm³/mol. The molecule has 4 aromatic rings. The largest absolute Gasteiger partial charge is 0.493 e. The van der Waals surface area contributed by atoms with Gasteiger partial charge in [0.05, 0.1) is 58.1 Å². The number of thiophene rings is 1. The van der Waals surface area contributed by atoms with Gasteiger partial charge in [-0.15, -0.1) is 11.3 Å². The number of hydrogen-bond donors (Lipinski definition) is 1. The standard InChI is InChI=1S/C29H28FN5O6S2/c1-18-12-24(39-3)25(41-17-26-27(6-11-42-26)43(37,38)34-7-9-40-10-8-34)14-20(18)28-23(16-32)33(2)29(36)35(28)22-5-4-19(15-31)13-21(22)30/h4-6,11-14,16H,1,7-10,17,32H2,2-3H3/b23-16+,28-20+. The molecule has 0 spiro atoms. The van der Waals surface area contributed by atoms with E-state index in [4.69, 9.17) is 19.9 Å². The van der Waals surface area contributed by atoms with Gasteiger partial charge < -0.3 is 19.9 Å².